The molecule has 8 heteroatoms. The molecule has 0 aliphatic carbocycles. The minimum atomic E-state index is -0.511. The molecule has 3 heterocycles. The lowest BCUT2D eigenvalue weighted by Crippen LogP contribution is -1.97. The first kappa shape index (κ1) is 16.9. The van der Waals surface area contributed by atoms with E-state index in [2.05, 4.69) is 4.98 Å². The van der Waals surface area contributed by atoms with Crippen LogP contribution in [-0.2, 0) is 4.74 Å². The van der Waals surface area contributed by atoms with Gasteiger partial charge in [-0.25, -0.2) is 4.79 Å². The molecule has 0 amide bonds. The Morgan fingerprint density at radius 1 is 1.22 bits per heavy atom. The quantitative estimate of drug-likeness (QED) is 0.301. The van der Waals surface area contributed by atoms with Crippen LogP contribution in [0.25, 0.3) is 23.2 Å². The fraction of sp³-hybridized carbons (Fsp3) is 0.0526. The number of nitrogens with one attached hydrogen (secondary N) is 1. The number of benzene rings is 1. The number of aromatic nitrogens is 1. The third-order valence-corrected chi connectivity index (χ3v) is 4.39. The standard InChI is InChI=1S/C19H12N2O5S/c1-10-7-14-16(26-19(22)17(14)18(27)20-10)9-13-5-6-15(25-13)11-3-2-4-12(8-11)21(23)24/h2-9H,1H3,(H,20,27). The highest BCUT2D eigenvalue weighted by molar-refractivity contribution is 7.71. The third-order valence-electron chi connectivity index (χ3n) is 4.08. The lowest BCUT2D eigenvalue weighted by molar-refractivity contribution is -0.384. The minimum Gasteiger partial charge on any atom is -0.457 e. The predicted octanol–water partition coefficient (Wildman–Crippen LogP) is 4.89. The van der Waals surface area contributed by atoms with Crippen molar-refractivity contribution in [2.24, 2.45) is 0 Å². The summed E-state index contributed by atoms with van der Waals surface area (Å²) in [5, 5.41) is 10.9. The second-order valence-corrected chi connectivity index (χ2v) is 6.39. The van der Waals surface area contributed by atoms with Crippen LogP contribution in [0, 0.1) is 21.7 Å². The van der Waals surface area contributed by atoms with E-state index in [1.807, 2.05) is 6.92 Å². The molecule has 1 aliphatic heterocycles. The SMILES string of the molecule is Cc1cc2c(c(=S)[nH]1)C(=O)OC2=Cc1ccc(-c2cccc([N+](=O)[O-])c2)o1. The number of pyridine rings is 1. The molecule has 134 valence electrons. The van der Waals surface area contributed by atoms with E-state index in [9.17, 15) is 14.9 Å². The van der Waals surface area contributed by atoms with Crippen molar-refractivity contribution in [3.05, 3.63) is 79.8 Å². The van der Waals surface area contributed by atoms with Crippen molar-refractivity contribution < 1.29 is 18.9 Å². The molecular formula is C19H12N2O5S. The lowest BCUT2D eigenvalue weighted by atomic mass is 10.1. The molecule has 2 aromatic heterocycles. The van der Waals surface area contributed by atoms with Crippen molar-refractivity contribution in [1.82, 2.24) is 4.98 Å². The molecule has 0 radical (unpaired) electrons. The van der Waals surface area contributed by atoms with Gasteiger partial charge < -0.3 is 14.1 Å². The number of ether oxygens (including phenoxy) is 1. The van der Waals surface area contributed by atoms with E-state index >= 15 is 0 Å². The van der Waals surface area contributed by atoms with Gasteiger partial charge in [-0.3, -0.25) is 10.1 Å². The van der Waals surface area contributed by atoms with E-state index in [0.29, 0.717) is 38.6 Å². The summed E-state index contributed by atoms with van der Waals surface area (Å²) < 4.78 is 11.4. The first-order valence-electron chi connectivity index (χ1n) is 7.95. The Balaban J connectivity index is 1.72. The highest BCUT2D eigenvalue weighted by atomic mass is 32.1. The van der Waals surface area contributed by atoms with Crippen molar-refractivity contribution in [3.63, 3.8) is 0 Å². The predicted molar refractivity (Wildman–Crippen MR) is 100 cm³/mol. The summed E-state index contributed by atoms with van der Waals surface area (Å²) in [5.41, 5.74) is 2.30. The first-order chi connectivity index (χ1) is 12.9. The topological polar surface area (TPSA) is 98.4 Å². The number of aromatic amines is 1. The van der Waals surface area contributed by atoms with Crippen LogP contribution < -0.4 is 0 Å². The molecule has 0 atom stereocenters. The zero-order valence-electron chi connectivity index (χ0n) is 14.0. The number of carbonyl (C=O) groups excluding carboxylic acids is 1. The Morgan fingerprint density at radius 2 is 2.04 bits per heavy atom. The highest BCUT2D eigenvalue weighted by Gasteiger charge is 2.28. The van der Waals surface area contributed by atoms with Gasteiger partial charge in [0.2, 0.25) is 0 Å². The van der Waals surface area contributed by atoms with E-state index in [1.165, 1.54) is 12.1 Å². The van der Waals surface area contributed by atoms with E-state index in [0.717, 1.165) is 5.69 Å². The van der Waals surface area contributed by atoms with Gasteiger partial charge in [-0.15, -0.1) is 0 Å². The summed E-state index contributed by atoms with van der Waals surface area (Å²) in [7, 11) is 0. The molecule has 4 rings (SSSR count). The third kappa shape index (κ3) is 3.06. The van der Waals surface area contributed by atoms with Gasteiger partial charge in [0.25, 0.3) is 5.69 Å². The van der Waals surface area contributed by atoms with Gasteiger partial charge in [-0.1, -0.05) is 24.4 Å². The van der Waals surface area contributed by atoms with Crippen molar-refractivity contribution >= 4 is 35.7 Å². The smallest absolute Gasteiger partial charge is 0.347 e. The van der Waals surface area contributed by atoms with E-state index < -0.39 is 10.9 Å². The Morgan fingerprint density at radius 3 is 2.81 bits per heavy atom. The van der Waals surface area contributed by atoms with Crippen LogP contribution in [0.4, 0.5) is 5.69 Å². The number of nitrogens with zero attached hydrogens (tertiary/aromatic N) is 1. The minimum absolute atomic E-state index is 0.0212. The zero-order valence-corrected chi connectivity index (χ0v) is 14.8. The van der Waals surface area contributed by atoms with Gasteiger partial charge in [0.1, 0.15) is 27.5 Å². The number of rotatable bonds is 3. The van der Waals surface area contributed by atoms with Crippen molar-refractivity contribution in [2.75, 3.05) is 0 Å². The number of non-ortho nitro benzene ring substituents is 1. The van der Waals surface area contributed by atoms with Crippen LogP contribution in [-0.4, -0.2) is 15.9 Å². The Hall–Kier alpha value is -3.52. The Labute approximate surface area is 158 Å². The second kappa shape index (κ2) is 6.33. The molecule has 1 N–H and O–H groups in total. The Kier molecular flexibility index (Phi) is 3.97. The maximum atomic E-state index is 12.1. The van der Waals surface area contributed by atoms with Gasteiger partial charge in [-0.05, 0) is 25.1 Å². The summed E-state index contributed by atoms with van der Waals surface area (Å²) in [6.45, 7) is 1.84. The summed E-state index contributed by atoms with van der Waals surface area (Å²) >= 11 is 5.20. The van der Waals surface area contributed by atoms with Crippen molar-refractivity contribution in [3.8, 4) is 11.3 Å². The number of H-pyrrole nitrogens is 1. The van der Waals surface area contributed by atoms with Crippen molar-refractivity contribution in [2.45, 2.75) is 6.92 Å². The van der Waals surface area contributed by atoms with Crippen LogP contribution >= 0.6 is 12.2 Å². The first-order valence-corrected chi connectivity index (χ1v) is 8.36. The fourth-order valence-electron chi connectivity index (χ4n) is 2.89. The molecule has 3 aromatic rings. The van der Waals surface area contributed by atoms with E-state index in [4.69, 9.17) is 21.4 Å². The lowest BCUT2D eigenvalue weighted by Gasteiger charge is -2.00. The number of nitro groups is 1. The number of carbonyl (C=O) groups is 1. The molecule has 27 heavy (non-hydrogen) atoms. The second-order valence-electron chi connectivity index (χ2n) is 5.98. The van der Waals surface area contributed by atoms with Crippen molar-refractivity contribution in [1.29, 1.82) is 0 Å². The average Bonchev–Trinajstić information content (AvgIpc) is 3.20. The number of esters is 1. The van der Waals surface area contributed by atoms with E-state index in [-0.39, 0.29) is 5.69 Å². The van der Waals surface area contributed by atoms with Gasteiger partial charge in [-0.2, -0.15) is 0 Å². The Bertz CT molecular complexity index is 1190. The molecule has 0 bridgehead atoms. The largest absolute Gasteiger partial charge is 0.457 e. The van der Waals surface area contributed by atoms with Gasteiger partial charge in [0, 0.05) is 35.0 Å². The fourth-order valence-corrected chi connectivity index (χ4v) is 3.24. The maximum absolute atomic E-state index is 12.1. The normalized spacial score (nSPS) is 14.3. The number of hydrogen-bond donors (Lipinski definition) is 1. The molecule has 0 spiro atoms. The van der Waals surface area contributed by atoms with Crippen LogP contribution in [0.1, 0.15) is 27.4 Å². The highest BCUT2D eigenvalue weighted by Crippen LogP contribution is 2.33. The summed E-state index contributed by atoms with van der Waals surface area (Å²) in [6.07, 6.45) is 1.60. The molecule has 0 saturated heterocycles. The number of aryl methyl sites for hydroxylation is 1. The summed E-state index contributed by atoms with van der Waals surface area (Å²) in [4.78, 5) is 25.5. The maximum Gasteiger partial charge on any atom is 0.347 e. The molecule has 7 nitrogen and oxygen atoms in total. The van der Waals surface area contributed by atoms with Crippen LogP contribution in [0.3, 0.4) is 0 Å². The number of hydrogen-bond acceptors (Lipinski definition) is 6. The molecule has 0 fully saturated rings. The van der Waals surface area contributed by atoms with Crippen LogP contribution in [0.2, 0.25) is 0 Å². The molecule has 0 saturated carbocycles. The van der Waals surface area contributed by atoms with Gasteiger partial charge in [0.05, 0.1) is 4.92 Å². The van der Waals surface area contributed by atoms with Gasteiger partial charge in [0.15, 0.2) is 0 Å². The summed E-state index contributed by atoms with van der Waals surface area (Å²) in [5.74, 6) is 0.751. The number of nitro benzene ring substituents is 1. The summed E-state index contributed by atoms with van der Waals surface area (Å²) in [6, 6.07) is 11.3. The van der Waals surface area contributed by atoms with Gasteiger partial charge >= 0.3 is 5.97 Å². The average molecular weight is 380 g/mol. The number of fused-ring (bicyclic) bond motifs is 1. The van der Waals surface area contributed by atoms with Crippen LogP contribution in [0.5, 0.6) is 0 Å². The molecule has 0 unspecified atom stereocenters. The number of furan rings is 1. The van der Waals surface area contributed by atoms with E-state index in [1.54, 1.807) is 36.4 Å². The molecular weight excluding hydrogens is 368 g/mol. The zero-order chi connectivity index (χ0) is 19.1. The monoisotopic (exact) mass is 380 g/mol. The molecule has 1 aliphatic rings. The number of cyclic esters (lactones) is 1. The van der Waals surface area contributed by atoms with Crippen LogP contribution in [0.15, 0.2) is 46.9 Å². The molecule has 1 aromatic carbocycles.